The van der Waals surface area contributed by atoms with Gasteiger partial charge < -0.3 is 0 Å². The maximum absolute atomic E-state index is 12.8. The SMILES string of the molecule is CCN(/N=C(\C)c1cc(C)ccc1NS(=O)(=O)C(F)(F)F)c1ccccc1C. The molecule has 0 heterocycles. The Labute approximate surface area is 162 Å². The summed E-state index contributed by atoms with van der Waals surface area (Å²) < 4.78 is 63.0. The second kappa shape index (κ2) is 8.22. The van der Waals surface area contributed by atoms with Crippen LogP contribution < -0.4 is 9.73 Å². The summed E-state index contributed by atoms with van der Waals surface area (Å²) in [5.41, 5.74) is -2.31. The van der Waals surface area contributed by atoms with Crippen LogP contribution in [0.15, 0.2) is 47.6 Å². The summed E-state index contributed by atoms with van der Waals surface area (Å²) in [6.45, 7) is 7.74. The number of hydrogen-bond donors (Lipinski definition) is 1. The molecule has 2 aromatic rings. The summed E-state index contributed by atoms with van der Waals surface area (Å²) >= 11 is 0. The molecule has 1 N–H and O–H groups in total. The van der Waals surface area contributed by atoms with Crippen molar-refractivity contribution in [1.82, 2.24) is 0 Å². The molecule has 2 rings (SSSR count). The van der Waals surface area contributed by atoms with E-state index in [9.17, 15) is 21.6 Å². The number of hydrazone groups is 1. The van der Waals surface area contributed by atoms with E-state index >= 15 is 0 Å². The predicted molar refractivity (Wildman–Crippen MR) is 106 cm³/mol. The van der Waals surface area contributed by atoms with Crippen LogP contribution in [0.3, 0.4) is 0 Å². The van der Waals surface area contributed by atoms with E-state index < -0.39 is 15.5 Å². The van der Waals surface area contributed by atoms with Crippen molar-refractivity contribution in [2.75, 3.05) is 16.3 Å². The number of sulfonamides is 1. The van der Waals surface area contributed by atoms with E-state index in [1.165, 1.54) is 12.1 Å². The summed E-state index contributed by atoms with van der Waals surface area (Å²) in [6, 6.07) is 12.0. The topological polar surface area (TPSA) is 61.8 Å². The largest absolute Gasteiger partial charge is 0.516 e. The summed E-state index contributed by atoms with van der Waals surface area (Å²) in [5.74, 6) is 0. The Morgan fingerprint density at radius 1 is 1.14 bits per heavy atom. The van der Waals surface area contributed by atoms with Crippen LogP contribution in [0.4, 0.5) is 24.5 Å². The third-order valence-electron chi connectivity index (χ3n) is 4.08. The molecule has 0 bridgehead atoms. The van der Waals surface area contributed by atoms with Gasteiger partial charge in [-0.1, -0.05) is 29.8 Å². The fourth-order valence-corrected chi connectivity index (χ4v) is 3.22. The Morgan fingerprint density at radius 2 is 1.79 bits per heavy atom. The first-order chi connectivity index (χ1) is 13.0. The molecule has 0 radical (unpaired) electrons. The van der Waals surface area contributed by atoms with Gasteiger partial charge in [0.1, 0.15) is 0 Å². The molecule has 0 fully saturated rings. The summed E-state index contributed by atoms with van der Waals surface area (Å²) in [5, 5.41) is 6.24. The fourth-order valence-electron chi connectivity index (χ4n) is 2.63. The molecule has 28 heavy (non-hydrogen) atoms. The van der Waals surface area contributed by atoms with Crippen molar-refractivity contribution in [1.29, 1.82) is 0 Å². The molecule has 0 saturated carbocycles. The number of nitrogens with one attached hydrogen (secondary N) is 1. The van der Waals surface area contributed by atoms with Gasteiger partial charge in [0.05, 0.1) is 17.1 Å². The van der Waals surface area contributed by atoms with Crippen LogP contribution in [-0.4, -0.2) is 26.2 Å². The van der Waals surface area contributed by atoms with Gasteiger partial charge in [0, 0.05) is 12.1 Å². The maximum atomic E-state index is 12.8. The molecule has 0 spiro atoms. The van der Waals surface area contributed by atoms with Gasteiger partial charge in [-0.3, -0.25) is 9.73 Å². The van der Waals surface area contributed by atoms with Crippen LogP contribution >= 0.6 is 0 Å². The highest BCUT2D eigenvalue weighted by Gasteiger charge is 2.46. The minimum atomic E-state index is -5.53. The van der Waals surface area contributed by atoms with Gasteiger partial charge in [-0.05, 0) is 51.5 Å². The lowest BCUT2D eigenvalue weighted by atomic mass is 10.1. The predicted octanol–water partition coefficient (Wildman–Crippen LogP) is 4.82. The van der Waals surface area contributed by atoms with Crippen LogP contribution in [0.5, 0.6) is 0 Å². The normalized spacial score (nSPS) is 12.8. The van der Waals surface area contributed by atoms with Crippen molar-refractivity contribution in [2.24, 2.45) is 5.10 Å². The van der Waals surface area contributed by atoms with Crippen molar-refractivity contribution in [2.45, 2.75) is 33.2 Å². The van der Waals surface area contributed by atoms with E-state index in [0.717, 1.165) is 16.8 Å². The zero-order chi connectivity index (χ0) is 21.1. The number of halogens is 3. The Kier molecular flexibility index (Phi) is 6.38. The molecule has 0 unspecified atom stereocenters. The number of hydrogen-bond acceptors (Lipinski definition) is 4. The first-order valence-electron chi connectivity index (χ1n) is 8.54. The summed E-state index contributed by atoms with van der Waals surface area (Å²) in [7, 11) is -5.53. The Balaban J connectivity index is 2.50. The number of rotatable bonds is 6. The summed E-state index contributed by atoms with van der Waals surface area (Å²) in [4.78, 5) is 0. The summed E-state index contributed by atoms with van der Waals surface area (Å²) in [6.07, 6.45) is 0. The van der Waals surface area contributed by atoms with E-state index in [1.807, 2.05) is 38.1 Å². The quantitative estimate of drug-likeness (QED) is 0.546. The Hall–Kier alpha value is -2.55. The molecular weight excluding hydrogens is 391 g/mol. The highest BCUT2D eigenvalue weighted by Crippen LogP contribution is 2.28. The van der Waals surface area contributed by atoms with Crippen molar-refractivity contribution >= 4 is 27.1 Å². The minimum Gasteiger partial charge on any atom is -0.275 e. The monoisotopic (exact) mass is 413 g/mol. The minimum absolute atomic E-state index is 0.176. The van der Waals surface area contributed by atoms with Gasteiger partial charge in [-0.2, -0.15) is 26.7 Å². The van der Waals surface area contributed by atoms with Gasteiger partial charge >= 0.3 is 15.5 Å². The molecule has 152 valence electrons. The fraction of sp³-hybridized carbons (Fsp3) is 0.316. The van der Waals surface area contributed by atoms with Gasteiger partial charge in [0.25, 0.3) is 0 Å². The number of nitrogens with zero attached hydrogens (tertiary/aromatic N) is 2. The molecule has 0 amide bonds. The lowest BCUT2D eigenvalue weighted by Crippen LogP contribution is -2.30. The van der Waals surface area contributed by atoms with E-state index in [-0.39, 0.29) is 11.3 Å². The molecule has 0 aromatic heterocycles. The highest BCUT2D eigenvalue weighted by molar-refractivity contribution is 7.93. The number of alkyl halides is 3. The molecule has 5 nitrogen and oxygen atoms in total. The molecule has 0 aliphatic rings. The van der Waals surface area contributed by atoms with E-state index in [2.05, 4.69) is 5.10 Å². The second-order valence-electron chi connectivity index (χ2n) is 6.29. The van der Waals surface area contributed by atoms with Crippen molar-refractivity contribution < 1.29 is 21.6 Å². The Morgan fingerprint density at radius 3 is 2.36 bits per heavy atom. The lowest BCUT2D eigenvalue weighted by molar-refractivity contribution is -0.0429. The molecule has 0 atom stereocenters. The number of anilines is 2. The zero-order valence-electron chi connectivity index (χ0n) is 16.0. The molecular formula is C19H22F3N3O2S. The van der Waals surface area contributed by atoms with Gasteiger partial charge in [0.15, 0.2) is 0 Å². The highest BCUT2D eigenvalue weighted by atomic mass is 32.2. The number of aryl methyl sites for hydroxylation is 2. The molecule has 2 aromatic carbocycles. The van der Waals surface area contributed by atoms with Crippen molar-refractivity contribution in [3.05, 3.63) is 59.2 Å². The van der Waals surface area contributed by atoms with Gasteiger partial charge in [-0.15, -0.1) is 0 Å². The standard InChI is InChI=1S/C19H22F3N3O2S/c1-5-25(18-9-7-6-8-14(18)3)23-15(4)16-12-13(2)10-11-17(16)24-28(26,27)19(20,21)22/h6-12,24H,5H2,1-4H3/b23-15+. The lowest BCUT2D eigenvalue weighted by Gasteiger charge is -2.21. The van der Waals surface area contributed by atoms with Gasteiger partial charge in [-0.25, -0.2) is 0 Å². The van der Waals surface area contributed by atoms with Crippen LogP contribution in [0.2, 0.25) is 0 Å². The first-order valence-corrected chi connectivity index (χ1v) is 10.0. The second-order valence-corrected chi connectivity index (χ2v) is 7.96. The van der Waals surface area contributed by atoms with Crippen LogP contribution in [0.1, 0.15) is 30.5 Å². The number of para-hydroxylation sites is 1. The van der Waals surface area contributed by atoms with Crippen LogP contribution in [0, 0.1) is 13.8 Å². The average molecular weight is 413 g/mol. The molecule has 0 saturated heterocycles. The van der Waals surface area contributed by atoms with E-state index in [1.54, 1.807) is 29.6 Å². The van der Waals surface area contributed by atoms with E-state index in [0.29, 0.717) is 12.3 Å². The average Bonchev–Trinajstić information content (AvgIpc) is 2.60. The molecule has 9 heteroatoms. The molecule has 0 aliphatic heterocycles. The van der Waals surface area contributed by atoms with E-state index in [4.69, 9.17) is 0 Å². The molecule has 0 aliphatic carbocycles. The number of benzene rings is 2. The van der Waals surface area contributed by atoms with Crippen molar-refractivity contribution in [3.63, 3.8) is 0 Å². The third kappa shape index (κ3) is 4.83. The third-order valence-corrected chi connectivity index (χ3v) is 5.18. The van der Waals surface area contributed by atoms with Crippen LogP contribution in [-0.2, 0) is 10.0 Å². The smallest absolute Gasteiger partial charge is 0.275 e. The van der Waals surface area contributed by atoms with Gasteiger partial charge in [0.2, 0.25) is 0 Å². The van der Waals surface area contributed by atoms with Crippen molar-refractivity contribution in [3.8, 4) is 0 Å². The zero-order valence-corrected chi connectivity index (χ0v) is 16.8. The Bertz CT molecular complexity index is 986. The maximum Gasteiger partial charge on any atom is 0.516 e. The first kappa shape index (κ1) is 21.7. The van der Waals surface area contributed by atoms with Crippen LogP contribution in [0.25, 0.3) is 0 Å².